The second-order valence-electron chi connectivity index (χ2n) is 5.16. The van der Waals surface area contributed by atoms with Gasteiger partial charge in [0.05, 0.1) is 10.0 Å². The van der Waals surface area contributed by atoms with Crippen LogP contribution in [0.2, 0.25) is 10.0 Å². The number of aromatic nitrogens is 1. The fraction of sp³-hybridized carbons (Fsp3) is 0.118. The minimum atomic E-state index is -0.272. The Morgan fingerprint density at radius 2 is 1.91 bits per heavy atom. The molecule has 0 saturated carbocycles. The molecule has 23 heavy (non-hydrogen) atoms. The highest BCUT2D eigenvalue weighted by Gasteiger charge is 2.04. The summed E-state index contributed by atoms with van der Waals surface area (Å²) in [7, 11) is 0. The van der Waals surface area contributed by atoms with Crippen LogP contribution in [0.3, 0.4) is 0 Å². The molecule has 2 amide bonds. The fourth-order valence-electron chi connectivity index (χ4n) is 2.33. The molecule has 1 aromatic heterocycles. The average molecular weight is 348 g/mol. The summed E-state index contributed by atoms with van der Waals surface area (Å²) in [6.07, 6.45) is 2.67. The predicted octanol–water partition coefficient (Wildman–Crippen LogP) is 4.84. The van der Waals surface area contributed by atoms with Crippen LogP contribution in [0.4, 0.5) is 10.5 Å². The third-order valence-corrected chi connectivity index (χ3v) is 4.23. The molecule has 0 aliphatic carbocycles. The Kier molecular flexibility index (Phi) is 4.74. The zero-order valence-corrected chi connectivity index (χ0v) is 13.7. The van der Waals surface area contributed by atoms with E-state index >= 15 is 0 Å². The molecular weight excluding hydrogens is 333 g/mol. The first-order chi connectivity index (χ1) is 11.1. The number of H-pyrrole nitrogens is 1. The number of amides is 2. The van der Waals surface area contributed by atoms with Crippen molar-refractivity contribution in [3.63, 3.8) is 0 Å². The van der Waals surface area contributed by atoms with Crippen molar-refractivity contribution in [1.82, 2.24) is 10.3 Å². The van der Waals surface area contributed by atoms with E-state index < -0.39 is 0 Å². The Hall–Kier alpha value is -2.17. The van der Waals surface area contributed by atoms with Gasteiger partial charge in [0.2, 0.25) is 0 Å². The van der Waals surface area contributed by atoms with Crippen LogP contribution in [-0.2, 0) is 6.42 Å². The number of nitrogens with one attached hydrogen (secondary N) is 3. The summed E-state index contributed by atoms with van der Waals surface area (Å²) in [6, 6.07) is 12.9. The third kappa shape index (κ3) is 3.97. The van der Waals surface area contributed by atoms with E-state index in [1.165, 1.54) is 10.9 Å². The second kappa shape index (κ2) is 6.94. The Morgan fingerprint density at radius 3 is 2.74 bits per heavy atom. The van der Waals surface area contributed by atoms with E-state index in [0.29, 0.717) is 22.3 Å². The molecule has 6 heteroatoms. The summed E-state index contributed by atoms with van der Waals surface area (Å²) in [5.41, 5.74) is 2.89. The minimum absolute atomic E-state index is 0.272. The van der Waals surface area contributed by atoms with Gasteiger partial charge < -0.3 is 15.6 Å². The van der Waals surface area contributed by atoms with Crippen LogP contribution in [-0.4, -0.2) is 17.6 Å². The molecule has 0 aliphatic heterocycles. The molecule has 0 saturated heterocycles. The van der Waals surface area contributed by atoms with Gasteiger partial charge in [0, 0.05) is 23.9 Å². The summed E-state index contributed by atoms with van der Waals surface area (Å²) in [6.45, 7) is 0.545. The minimum Gasteiger partial charge on any atom is -0.361 e. The van der Waals surface area contributed by atoms with Crippen LogP contribution in [0.25, 0.3) is 10.9 Å². The number of carbonyl (C=O) groups is 1. The van der Waals surface area contributed by atoms with Crippen LogP contribution in [0.15, 0.2) is 48.7 Å². The van der Waals surface area contributed by atoms with Crippen molar-refractivity contribution in [1.29, 1.82) is 0 Å². The quantitative estimate of drug-likeness (QED) is 0.621. The molecule has 0 atom stereocenters. The molecule has 1 heterocycles. The van der Waals surface area contributed by atoms with Gasteiger partial charge in [0.15, 0.2) is 0 Å². The molecule has 2 aromatic carbocycles. The molecule has 0 bridgehead atoms. The van der Waals surface area contributed by atoms with Crippen LogP contribution in [0, 0.1) is 0 Å². The summed E-state index contributed by atoms with van der Waals surface area (Å²) >= 11 is 11.8. The standard InChI is InChI=1S/C17H15Cl2N3O/c18-14-3-2-13(10-15(14)19)22-17(23)21-7-5-11-1-4-16-12(9-11)6-8-20-16/h1-4,6,8-10,20H,5,7H2,(H2,21,22,23). The molecule has 0 spiro atoms. The van der Waals surface area contributed by atoms with Crippen molar-refractivity contribution < 1.29 is 4.79 Å². The number of fused-ring (bicyclic) bond motifs is 1. The SMILES string of the molecule is O=C(NCCc1ccc2[nH]ccc2c1)Nc1ccc(Cl)c(Cl)c1. The third-order valence-electron chi connectivity index (χ3n) is 3.49. The van der Waals surface area contributed by atoms with E-state index in [1.807, 2.05) is 18.3 Å². The molecule has 3 N–H and O–H groups in total. The lowest BCUT2D eigenvalue weighted by Crippen LogP contribution is -2.30. The highest BCUT2D eigenvalue weighted by Crippen LogP contribution is 2.24. The van der Waals surface area contributed by atoms with Gasteiger partial charge in [-0.1, -0.05) is 29.3 Å². The Balaban J connectivity index is 1.51. The normalized spacial score (nSPS) is 10.7. The number of hydrogen-bond acceptors (Lipinski definition) is 1. The van der Waals surface area contributed by atoms with Crippen LogP contribution in [0.1, 0.15) is 5.56 Å². The van der Waals surface area contributed by atoms with E-state index in [0.717, 1.165) is 11.9 Å². The van der Waals surface area contributed by atoms with Crippen molar-refractivity contribution in [3.05, 3.63) is 64.3 Å². The molecule has 0 unspecified atom stereocenters. The first-order valence-electron chi connectivity index (χ1n) is 7.18. The van der Waals surface area contributed by atoms with Gasteiger partial charge in [-0.2, -0.15) is 0 Å². The van der Waals surface area contributed by atoms with Gasteiger partial charge in [-0.15, -0.1) is 0 Å². The van der Waals surface area contributed by atoms with Crippen molar-refractivity contribution in [2.24, 2.45) is 0 Å². The van der Waals surface area contributed by atoms with E-state index in [4.69, 9.17) is 23.2 Å². The van der Waals surface area contributed by atoms with Gasteiger partial charge in [-0.3, -0.25) is 0 Å². The Labute approximate surface area is 143 Å². The lowest BCUT2D eigenvalue weighted by Gasteiger charge is -2.08. The van der Waals surface area contributed by atoms with Crippen LogP contribution >= 0.6 is 23.2 Å². The lowest BCUT2D eigenvalue weighted by molar-refractivity contribution is 0.252. The highest BCUT2D eigenvalue weighted by atomic mass is 35.5. The molecule has 4 nitrogen and oxygen atoms in total. The Bertz CT molecular complexity index is 845. The zero-order valence-electron chi connectivity index (χ0n) is 12.2. The molecule has 3 aromatic rings. The monoisotopic (exact) mass is 347 g/mol. The van der Waals surface area contributed by atoms with E-state index in [9.17, 15) is 4.79 Å². The maximum Gasteiger partial charge on any atom is 0.319 e. The number of carbonyl (C=O) groups excluding carboxylic acids is 1. The van der Waals surface area contributed by atoms with Gasteiger partial charge in [-0.05, 0) is 53.8 Å². The second-order valence-corrected chi connectivity index (χ2v) is 5.97. The molecule has 3 rings (SSSR count). The predicted molar refractivity (Wildman–Crippen MR) is 95.5 cm³/mol. The number of benzene rings is 2. The molecular formula is C17H15Cl2N3O. The first-order valence-corrected chi connectivity index (χ1v) is 7.93. The van der Waals surface area contributed by atoms with E-state index in [2.05, 4.69) is 27.8 Å². The fourth-order valence-corrected chi connectivity index (χ4v) is 2.63. The summed E-state index contributed by atoms with van der Waals surface area (Å²) in [4.78, 5) is 15.0. The maximum atomic E-state index is 11.9. The molecule has 0 aliphatic rings. The van der Waals surface area contributed by atoms with Gasteiger partial charge in [0.1, 0.15) is 0 Å². The lowest BCUT2D eigenvalue weighted by atomic mass is 10.1. The summed E-state index contributed by atoms with van der Waals surface area (Å²) in [5, 5.41) is 7.58. The van der Waals surface area contributed by atoms with Crippen molar-refractivity contribution in [3.8, 4) is 0 Å². The van der Waals surface area contributed by atoms with Gasteiger partial charge in [0.25, 0.3) is 0 Å². The van der Waals surface area contributed by atoms with Gasteiger partial charge >= 0.3 is 6.03 Å². The van der Waals surface area contributed by atoms with Crippen molar-refractivity contribution in [2.45, 2.75) is 6.42 Å². The van der Waals surface area contributed by atoms with Crippen LogP contribution in [0.5, 0.6) is 0 Å². The summed E-state index contributed by atoms with van der Waals surface area (Å²) < 4.78 is 0. The smallest absolute Gasteiger partial charge is 0.319 e. The topological polar surface area (TPSA) is 56.9 Å². The largest absolute Gasteiger partial charge is 0.361 e. The maximum absolute atomic E-state index is 11.9. The number of rotatable bonds is 4. The van der Waals surface area contributed by atoms with Gasteiger partial charge in [-0.25, -0.2) is 4.79 Å². The number of hydrogen-bond donors (Lipinski definition) is 3. The number of halogens is 2. The molecule has 118 valence electrons. The van der Waals surface area contributed by atoms with E-state index in [1.54, 1.807) is 18.2 Å². The first kappa shape index (κ1) is 15.7. The van der Waals surface area contributed by atoms with Crippen molar-refractivity contribution in [2.75, 3.05) is 11.9 Å². The number of urea groups is 1. The van der Waals surface area contributed by atoms with E-state index in [-0.39, 0.29) is 6.03 Å². The molecule has 0 fully saturated rings. The number of anilines is 1. The summed E-state index contributed by atoms with van der Waals surface area (Å²) in [5.74, 6) is 0. The van der Waals surface area contributed by atoms with Crippen LogP contribution < -0.4 is 10.6 Å². The number of aromatic amines is 1. The van der Waals surface area contributed by atoms with Crippen molar-refractivity contribution >= 4 is 45.8 Å². The average Bonchev–Trinajstić information content (AvgIpc) is 2.98. The molecule has 0 radical (unpaired) electrons. The Morgan fingerprint density at radius 1 is 1.04 bits per heavy atom. The zero-order chi connectivity index (χ0) is 16.2. The highest BCUT2D eigenvalue weighted by molar-refractivity contribution is 6.42.